The molecular formula is C20H21N5O2. The SMILES string of the molecule is CN1C(=O)c2cc(NC(=O)c3cccc(N(C)C)c3)ccc2N2CCN=C12. The Morgan fingerprint density at radius 2 is 2.00 bits per heavy atom. The van der Waals surface area contributed by atoms with Gasteiger partial charge in [-0.1, -0.05) is 6.07 Å². The number of hydrogen-bond donors (Lipinski definition) is 1. The molecule has 7 nitrogen and oxygen atoms in total. The molecule has 27 heavy (non-hydrogen) atoms. The molecule has 0 unspecified atom stereocenters. The third-order valence-corrected chi connectivity index (χ3v) is 4.82. The molecule has 7 heteroatoms. The zero-order chi connectivity index (χ0) is 19.1. The molecule has 2 aliphatic rings. The summed E-state index contributed by atoms with van der Waals surface area (Å²) in [6.07, 6.45) is 0. The van der Waals surface area contributed by atoms with Gasteiger partial charge in [0.2, 0.25) is 5.96 Å². The van der Waals surface area contributed by atoms with Crippen LogP contribution < -0.4 is 15.1 Å². The van der Waals surface area contributed by atoms with Gasteiger partial charge in [-0.25, -0.2) is 0 Å². The highest BCUT2D eigenvalue weighted by atomic mass is 16.2. The van der Waals surface area contributed by atoms with Crippen LogP contribution in [-0.4, -0.2) is 56.9 Å². The van der Waals surface area contributed by atoms with Crippen molar-refractivity contribution in [2.75, 3.05) is 49.3 Å². The summed E-state index contributed by atoms with van der Waals surface area (Å²) in [4.78, 5) is 35.2. The predicted molar refractivity (Wildman–Crippen MR) is 107 cm³/mol. The first-order valence-electron chi connectivity index (χ1n) is 8.78. The molecule has 0 spiro atoms. The monoisotopic (exact) mass is 363 g/mol. The fraction of sp³-hybridized carbons (Fsp3) is 0.250. The van der Waals surface area contributed by atoms with Crippen LogP contribution in [-0.2, 0) is 0 Å². The number of nitrogens with zero attached hydrogens (tertiary/aromatic N) is 4. The van der Waals surface area contributed by atoms with Crippen LogP contribution in [0, 0.1) is 0 Å². The van der Waals surface area contributed by atoms with Crippen molar-refractivity contribution in [3.05, 3.63) is 53.6 Å². The van der Waals surface area contributed by atoms with Gasteiger partial charge in [0, 0.05) is 44.6 Å². The van der Waals surface area contributed by atoms with Crippen molar-refractivity contribution >= 4 is 34.8 Å². The maximum absolute atomic E-state index is 12.7. The number of fused-ring (bicyclic) bond motifs is 3. The van der Waals surface area contributed by atoms with Crippen LogP contribution >= 0.6 is 0 Å². The first-order valence-corrected chi connectivity index (χ1v) is 8.78. The Morgan fingerprint density at radius 3 is 2.78 bits per heavy atom. The summed E-state index contributed by atoms with van der Waals surface area (Å²) in [6, 6.07) is 12.8. The summed E-state index contributed by atoms with van der Waals surface area (Å²) in [5.41, 5.74) is 3.51. The van der Waals surface area contributed by atoms with Gasteiger partial charge in [-0.2, -0.15) is 0 Å². The fourth-order valence-electron chi connectivity index (χ4n) is 3.37. The van der Waals surface area contributed by atoms with Crippen molar-refractivity contribution < 1.29 is 9.59 Å². The zero-order valence-electron chi connectivity index (χ0n) is 15.6. The van der Waals surface area contributed by atoms with Crippen LogP contribution in [0.25, 0.3) is 0 Å². The molecule has 4 rings (SSSR count). The van der Waals surface area contributed by atoms with Gasteiger partial charge in [0.1, 0.15) is 0 Å². The second kappa shape index (κ2) is 6.42. The summed E-state index contributed by atoms with van der Waals surface area (Å²) in [5.74, 6) is 0.357. The molecule has 2 aliphatic heterocycles. The largest absolute Gasteiger partial charge is 0.378 e. The Hall–Kier alpha value is -3.35. The smallest absolute Gasteiger partial charge is 0.262 e. The molecule has 1 N–H and O–H groups in total. The first kappa shape index (κ1) is 17.1. The minimum Gasteiger partial charge on any atom is -0.378 e. The van der Waals surface area contributed by atoms with Crippen LogP contribution in [0.4, 0.5) is 17.1 Å². The molecule has 0 radical (unpaired) electrons. The van der Waals surface area contributed by atoms with Gasteiger partial charge in [-0.3, -0.25) is 19.5 Å². The Kier molecular flexibility index (Phi) is 4.07. The average molecular weight is 363 g/mol. The molecule has 2 aromatic rings. The van der Waals surface area contributed by atoms with Crippen LogP contribution in [0.1, 0.15) is 20.7 Å². The number of carbonyl (C=O) groups excluding carboxylic acids is 2. The van der Waals surface area contributed by atoms with E-state index in [4.69, 9.17) is 0 Å². The second-order valence-corrected chi connectivity index (χ2v) is 6.83. The molecule has 2 aromatic carbocycles. The Labute approximate surface area is 157 Å². The van der Waals surface area contributed by atoms with E-state index in [0.717, 1.165) is 17.9 Å². The van der Waals surface area contributed by atoms with Gasteiger partial charge < -0.3 is 15.1 Å². The summed E-state index contributed by atoms with van der Waals surface area (Å²) in [6.45, 7) is 1.43. The van der Waals surface area contributed by atoms with Gasteiger partial charge in [0.05, 0.1) is 17.8 Å². The average Bonchev–Trinajstić information content (AvgIpc) is 3.16. The highest BCUT2D eigenvalue weighted by molar-refractivity contribution is 6.19. The van der Waals surface area contributed by atoms with E-state index in [9.17, 15) is 9.59 Å². The Balaban J connectivity index is 1.61. The molecular weight excluding hydrogens is 342 g/mol. The van der Waals surface area contributed by atoms with E-state index in [1.54, 1.807) is 24.1 Å². The van der Waals surface area contributed by atoms with E-state index in [0.29, 0.717) is 29.3 Å². The zero-order valence-corrected chi connectivity index (χ0v) is 15.6. The molecule has 0 fully saturated rings. The van der Waals surface area contributed by atoms with Crippen molar-refractivity contribution in [1.29, 1.82) is 0 Å². The van der Waals surface area contributed by atoms with Gasteiger partial charge in [0.25, 0.3) is 11.8 Å². The molecule has 0 atom stereocenters. The molecule has 2 heterocycles. The third-order valence-electron chi connectivity index (χ3n) is 4.82. The van der Waals surface area contributed by atoms with Crippen LogP contribution in [0.5, 0.6) is 0 Å². The first-order chi connectivity index (χ1) is 13.0. The van der Waals surface area contributed by atoms with Gasteiger partial charge >= 0.3 is 0 Å². The number of guanidine groups is 1. The van der Waals surface area contributed by atoms with Crippen molar-refractivity contribution in [1.82, 2.24) is 4.90 Å². The lowest BCUT2D eigenvalue weighted by molar-refractivity contribution is 0.0865. The third kappa shape index (κ3) is 2.91. The lowest BCUT2D eigenvalue weighted by Crippen LogP contribution is -2.48. The van der Waals surface area contributed by atoms with Crippen LogP contribution in [0.3, 0.4) is 0 Å². The Morgan fingerprint density at radius 1 is 1.19 bits per heavy atom. The second-order valence-electron chi connectivity index (χ2n) is 6.83. The van der Waals surface area contributed by atoms with E-state index in [2.05, 4.69) is 10.3 Å². The lowest BCUT2D eigenvalue weighted by atomic mass is 10.1. The predicted octanol–water partition coefficient (Wildman–Crippen LogP) is 2.27. The van der Waals surface area contributed by atoms with E-state index >= 15 is 0 Å². The fourth-order valence-corrected chi connectivity index (χ4v) is 3.37. The minimum atomic E-state index is -0.210. The van der Waals surface area contributed by atoms with E-state index in [-0.39, 0.29) is 11.8 Å². The van der Waals surface area contributed by atoms with Crippen molar-refractivity contribution in [2.24, 2.45) is 4.99 Å². The van der Waals surface area contributed by atoms with Gasteiger partial charge in [-0.15, -0.1) is 0 Å². The summed E-state index contributed by atoms with van der Waals surface area (Å²) in [5, 5.41) is 2.89. The summed E-state index contributed by atoms with van der Waals surface area (Å²) in [7, 11) is 5.58. The van der Waals surface area contributed by atoms with E-state index in [1.165, 1.54) is 0 Å². The van der Waals surface area contributed by atoms with Crippen LogP contribution in [0.15, 0.2) is 47.5 Å². The van der Waals surface area contributed by atoms with Crippen molar-refractivity contribution in [3.63, 3.8) is 0 Å². The quantitative estimate of drug-likeness (QED) is 0.908. The molecule has 0 saturated heterocycles. The number of aliphatic imine (C=N–C) groups is 1. The number of rotatable bonds is 3. The Bertz CT molecular complexity index is 967. The molecule has 0 saturated carbocycles. The number of hydrogen-bond acceptors (Lipinski definition) is 5. The van der Waals surface area contributed by atoms with E-state index in [1.807, 2.05) is 54.2 Å². The number of benzene rings is 2. The number of anilines is 3. The highest BCUT2D eigenvalue weighted by Crippen LogP contribution is 2.32. The van der Waals surface area contributed by atoms with Crippen molar-refractivity contribution in [3.8, 4) is 0 Å². The molecule has 0 aromatic heterocycles. The standard InChI is InChI=1S/C20H21N5O2/c1-23(2)15-6-4-5-13(11-15)18(26)22-14-7-8-17-16(12-14)19(27)24(3)20-21-9-10-25(17)20/h4-8,11-12H,9-10H2,1-3H3,(H,22,26). The highest BCUT2D eigenvalue weighted by Gasteiger charge is 2.35. The minimum absolute atomic E-state index is 0.118. The molecule has 0 aliphatic carbocycles. The van der Waals surface area contributed by atoms with Gasteiger partial charge in [-0.05, 0) is 36.4 Å². The lowest BCUT2D eigenvalue weighted by Gasteiger charge is -2.33. The van der Waals surface area contributed by atoms with E-state index < -0.39 is 0 Å². The molecule has 2 amide bonds. The van der Waals surface area contributed by atoms with Crippen molar-refractivity contribution in [2.45, 2.75) is 0 Å². The normalized spacial score (nSPS) is 15.2. The number of carbonyl (C=O) groups is 2. The number of nitrogens with one attached hydrogen (secondary N) is 1. The van der Waals surface area contributed by atoms with Crippen LogP contribution in [0.2, 0.25) is 0 Å². The summed E-state index contributed by atoms with van der Waals surface area (Å²) < 4.78 is 0. The molecule has 138 valence electrons. The maximum atomic E-state index is 12.7. The van der Waals surface area contributed by atoms with Gasteiger partial charge in [0.15, 0.2) is 0 Å². The summed E-state index contributed by atoms with van der Waals surface area (Å²) >= 11 is 0. The molecule has 0 bridgehead atoms. The maximum Gasteiger partial charge on any atom is 0.262 e. The number of amides is 2. The topological polar surface area (TPSA) is 68.2 Å².